The number of benzene rings is 1. The van der Waals surface area contributed by atoms with Gasteiger partial charge in [0.2, 0.25) is 0 Å². The highest BCUT2D eigenvalue weighted by atomic mass is 19.1. The molecule has 4 nitrogen and oxygen atoms in total. The summed E-state index contributed by atoms with van der Waals surface area (Å²) in [5, 5.41) is 3.11. The second kappa shape index (κ2) is 7.21. The largest absolute Gasteiger partial charge is 0.494 e. The zero-order valence-corrected chi connectivity index (χ0v) is 10.3. The predicted molar refractivity (Wildman–Crippen MR) is 62.5 cm³/mol. The first-order valence-corrected chi connectivity index (χ1v) is 5.30. The first-order chi connectivity index (χ1) is 8.21. The molecule has 5 heteroatoms. The molecule has 96 valence electrons. The highest BCUT2D eigenvalue weighted by Gasteiger charge is 2.06. The first-order valence-electron chi connectivity index (χ1n) is 5.30. The summed E-state index contributed by atoms with van der Waals surface area (Å²) >= 11 is 0. The second-order valence-corrected chi connectivity index (χ2v) is 3.50. The molecule has 1 aromatic carbocycles. The summed E-state index contributed by atoms with van der Waals surface area (Å²) in [6.45, 7) is 1.09. The normalized spacial score (nSPS) is 10.9. The first kappa shape index (κ1) is 13.9. The molecule has 17 heavy (non-hydrogen) atoms. The molecule has 0 aliphatic heterocycles. The van der Waals surface area contributed by atoms with Gasteiger partial charge in [-0.15, -0.1) is 0 Å². The summed E-state index contributed by atoms with van der Waals surface area (Å²) in [5.74, 6) is -0.109. The lowest BCUT2D eigenvalue weighted by Gasteiger charge is -2.14. The number of halogens is 1. The van der Waals surface area contributed by atoms with Gasteiger partial charge in [-0.1, -0.05) is 6.07 Å². The maximum Gasteiger partial charge on any atom is 0.169 e. The fraction of sp³-hybridized carbons (Fsp3) is 0.500. The highest BCUT2D eigenvalue weighted by Crippen LogP contribution is 2.17. The van der Waals surface area contributed by atoms with E-state index in [4.69, 9.17) is 14.2 Å². The van der Waals surface area contributed by atoms with Crippen LogP contribution in [0.2, 0.25) is 0 Å². The average molecular weight is 243 g/mol. The topological polar surface area (TPSA) is 39.7 Å². The molecule has 0 fully saturated rings. The van der Waals surface area contributed by atoms with Crippen molar-refractivity contribution >= 4 is 0 Å². The molecule has 0 saturated carbocycles. The Kier molecular flexibility index (Phi) is 5.90. The standard InChI is InChI=1S/C12H18FNO3/c1-15-11-5-4-9(6-10(11)13)7-14-8-12(16-2)17-3/h4-6,12,14H,7-8H2,1-3H3. The SMILES string of the molecule is COc1ccc(CNCC(OC)OC)cc1F. The molecular formula is C12H18FNO3. The van der Waals surface area contributed by atoms with Crippen LogP contribution in [0, 0.1) is 5.82 Å². The highest BCUT2D eigenvalue weighted by molar-refractivity contribution is 5.29. The third-order valence-corrected chi connectivity index (χ3v) is 2.38. The Labute approximate surface area is 101 Å². The van der Waals surface area contributed by atoms with Gasteiger partial charge in [0, 0.05) is 27.3 Å². The van der Waals surface area contributed by atoms with E-state index < -0.39 is 0 Å². The van der Waals surface area contributed by atoms with Crippen molar-refractivity contribution in [1.82, 2.24) is 5.32 Å². The number of methoxy groups -OCH3 is 3. The number of hydrogen-bond acceptors (Lipinski definition) is 4. The Morgan fingerprint density at radius 3 is 2.47 bits per heavy atom. The fourth-order valence-corrected chi connectivity index (χ4v) is 1.42. The van der Waals surface area contributed by atoms with Gasteiger partial charge >= 0.3 is 0 Å². The van der Waals surface area contributed by atoms with Crippen molar-refractivity contribution in [2.75, 3.05) is 27.9 Å². The van der Waals surface area contributed by atoms with Gasteiger partial charge in [0.25, 0.3) is 0 Å². The van der Waals surface area contributed by atoms with Crippen molar-refractivity contribution in [3.63, 3.8) is 0 Å². The lowest BCUT2D eigenvalue weighted by molar-refractivity contribution is -0.0989. The van der Waals surface area contributed by atoms with Gasteiger partial charge in [-0.05, 0) is 17.7 Å². The monoisotopic (exact) mass is 243 g/mol. The van der Waals surface area contributed by atoms with Crippen molar-refractivity contribution in [3.05, 3.63) is 29.6 Å². The molecule has 0 aliphatic rings. The van der Waals surface area contributed by atoms with Crippen LogP contribution in [-0.2, 0) is 16.0 Å². The Morgan fingerprint density at radius 2 is 1.94 bits per heavy atom. The van der Waals surface area contributed by atoms with Crippen molar-refractivity contribution < 1.29 is 18.6 Å². The molecule has 1 aromatic rings. The minimum Gasteiger partial charge on any atom is -0.494 e. The van der Waals surface area contributed by atoms with E-state index in [1.807, 2.05) is 6.07 Å². The van der Waals surface area contributed by atoms with Gasteiger partial charge in [-0.2, -0.15) is 0 Å². The number of rotatable bonds is 7. The zero-order valence-electron chi connectivity index (χ0n) is 10.3. The molecule has 0 aromatic heterocycles. The third kappa shape index (κ3) is 4.30. The molecule has 0 heterocycles. The van der Waals surface area contributed by atoms with Crippen LogP contribution < -0.4 is 10.1 Å². The number of ether oxygens (including phenoxy) is 3. The van der Waals surface area contributed by atoms with Crippen LogP contribution in [0.1, 0.15) is 5.56 Å². The van der Waals surface area contributed by atoms with Crippen LogP contribution >= 0.6 is 0 Å². The predicted octanol–water partition coefficient (Wildman–Crippen LogP) is 1.54. The zero-order chi connectivity index (χ0) is 12.7. The maximum absolute atomic E-state index is 13.4. The van der Waals surface area contributed by atoms with Crippen LogP contribution in [0.4, 0.5) is 4.39 Å². The van der Waals surface area contributed by atoms with Crippen molar-refractivity contribution in [2.45, 2.75) is 12.8 Å². The van der Waals surface area contributed by atoms with E-state index in [2.05, 4.69) is 5.32 Å². The van der Waals surface area contributed by atoms with Gasteiger partial charge in [-0.25, -0.2) is 4.39 Å². The van der Waals surface area contributed by atoms with Crippen molar-refractivity contribution in [3.8, 4) is 5.75 Å². The van der Waals surface area contributed by atoms with E-state index >= 15 is 0 Å². The Morgan fingerprint density at radius 1 is 1.24 bits per heavy atom. The molecule has 1 rings (SSSR count). The lowest BCUT2D eigenvalue weighted by Crippen LogP contribution is -2.29. The maximum atomic E-state index is 13.4. The molecule has 0 radical (unpaired) electrons. The number of hydrogen-bond donors (Lipinski definition) is 1. The molecule has 0 spiro atoms. The minimum atomic E-state index is -0.359. The van der Waals surface area contributed by atoms with Crippen molar-refractivity contribution in [2.24, 2.45) is 0 Å². The lowest BCUT2D eigenvalue weighted by atomic mass is 10.2. The Hall–Kier alpha value is -1.17. The van der Waals surface area contributed by atoms with Gasteiger partial charge in [0.1, 0.15) is 0 Å². The van der Waals surface area contributed by atoms with Crippen molar-refractivity contribution in [1.29, 1.82) is 0 Å². The van der Waals surface area contributed by atoms with E-state index in [0.29, 0.717) is 13.1 Å². The molecule has 0 bridgehead atoms. The molecule has 0 unspecified atom stereocenters. The number of nitrogens with one attached hydrogen (secondary N) is 1. The van der Waals surface area contributed by atoms with Crippen LogP contribution in [0.25, 0.3) is 0 Å². The smallest absolute Gasteiger partial charge is 0.169 e. The molecule has 0 aliphatic carbocycles. The summed E-state index contributed by atoms with van der Waals surface area (Å²) in [7, 11) is 4.59. The van der Waals surface area contributed by atoms with Crippen LogP contribution in [-0.4, -0.2) is 34.2 Å². The summed E-state index contributed by atoms with van der Waals surface area (Å²) in [6, 6.07) is 4.86. The third-order valence-electron chi connectivity index (χ3n) is 2.38. The van der Waals surface area contributed by atoms with Gasteiger partial charge in [0.05, 0.1) is 7.11 Å². The average Bonchev–Trinajstić information content (AvgIpc) is 2.35. The molecule has 0 atom stereocenters. The van der Waals surface area contributed by atoms with E-state index in [-0.39, 0.29) is 17.9 Å². The fourth-order valence-electron chi connectivity index (χ4n) is 1.42. The summed E-state index contributed by atoms with van der Waals surface area (Å²) in [5.41, 5.74) is 0.842. The van der Waals surface area contributed by atoms with Crippen LogP contribution in [0.15, 0.2) is 18.2 Å². The molecule has 0 amide bonds. The van der Waals surface area contributed by atoms with E-state index in [1.165, 1.54) is 13.2 Å². The quantitative estimate of drug-likeness (QED) is 0.737. The van der Waals surface area contributed by atoms with Crippen LogP contribution in [0.3, 0.4) is 0 Å². The van der Waals surface area contributed by atoms with Gasteiger partial charge in [-0.3, -0.25) is 0 Å². The Balaban J connectivity index is 2.44. The summed E-state index contributed by atoms with van der Waals surface area (Å²) < 4.78 is 28.2. The Bertz CT molecular complexity index is 343. The van der Waals surface area contributed by atoms with E-state index in [0.717, 1.165) is 5.56 Å². The van der Waals surface area contributed by atoms with Gasteiger partial charge in [0.15, 0.2) is 17.9 Å². The summed E-state index contributed by atoms with van der Waals surface area (Å²) in [4.78, 5) is 0. The van der Waals surface area contributed by atoms with Gasteiger partial charge < -0.3 is 19.5 Å². The minimum absolute atomic E-state index is 0.250. The van der Waals surface area contributed by atoms with E-state index in [1.54, 1.807) is 20.3 Å². The molecule has 1 N–H and O–H groups in total. The molecular weight excluding hydrogens is 225 g/mol. The van der Waals surface area contributed by atoms with Crippen LogP contribution in [0.5, 0.6) is 5.75 Å². The molecule has 0 saturated heterocycles. The summed E-state index contributed by atoms with van der Waals surface area (Å²) in [6.07, 6.45) is -0.293. The van der Waals surface area contributed by atoms with E-state index in [9.17, 15) is 4.39 Å². The second-order valence-electron chi connectivity index (χ2n) is 3.50.